The number of hydrogen-bond donors (Lipinski definition) is 0. The van der Waals surface area contributed by atoms with Crippen molar-refractivity contribution in [2.24, 2.45) is 0 Å². The second kappa shape index (κ2) is 8.36. The molecular formula is C20H27N3O3. The van der Waals surface area contributed by atoms with Gasteiger partial charge in [0, 0.05) is 12.1 Å². The van der Waals surface area contributed by atoms with Crippen molar-refractivity contribution < 1.29 is 14.0 Å². The average molecular weight is 357 g/mol. The van der Waals surface area contributed by atoms with E-state index in [9.17, 15) is 0 Å². The van der Waals surface area contributed by atoms with Crippen LogP contribution < -0.4 is 9.47 Å². The van der Waals surface area contributed by atoms with E-state index in [2.05, 4.69) is 27.7 Å². The first kappa shape index (κ1) is 18.5. The molecule has 26 heavy (non-hydrogen) atoms. The summed E-state index contributed by atoms with van der Waals surface area (Å²) >= 11 is 0. The highest BCUT2D eigenvalue weighted by atomic mass is 16.5. The molecule has 0 spiro atoms. The van der Waals surface area contributed by atoms with Crippen molar-refractivity contribution in [2.45, 2.75) is 45.7 Å². The molecule has 1 aromatic carbocycles. The third-order valence-corrected chi connectivity index (χ3v) is 4.56. The number of methoxy groups -OCH3 is 1. The van der Waals surface area contributed by atoms with Crippen LogP contribution in [0.15, 0.2) is 34.9 Å². The van der Waals surface area contributed by atoms with Crippen LogP contribution in [0.5, 0.6) is 11.5 Å². The van der Waals surface area contributed by atoms with Crippen molar-refractivity contribution in [2.75, 3.05) is 20.3 Å². The van der Waals surface area contributed by atoms with Gasteiger partial charge in [0.15, 0.2) is 17.3 Å². The zero-order valence-electron chi connectivity index (χ0n) is 15.8. The minimum atomic E-state index is 0.144. The molecule has 1 unspecified atom stereocenters. The average Bonchev–Trinajstić information content (AvgIpc) is 3.07. The monoisotopic (exact) mass is 357 g/mol. The topological polar surface area (TPSA) is 60.6 Å². The van der Waals surface area contributed by atoms with Gasteiger partial charge >= 0.3 is 0 Å². The van der Waals surface area contributed by atoms with Crippen molar-refractivity contribution in [3.63, 3.8) is 0 Å². The quantitative estimate of drug-likeness (QED) is 0.696. The Balaban J connectivity index is 1.84. The summed E-state index contributed by atoms with van der Waals surface area (Å²) in [6.07, 6.45) is 3.35. The maximum atomic E-state index is 6.00. The lowest BCUT2D eigenvalue weighted by atomic mass is 10.0. The van der Waals surface area contributed by atoms with E-state index in [1.54, 1.807) is 7.11 Å². The summed E-state index contributed by atoms with van der Waals surface area (Å²) in [5.41, 5.74) is 2.06. The SMILES string of the molecule is C=C(C)COc1c(CN2CCCCC2c2nc(C)no2)cccc1OC. The lowest BCUT2D eigenvalue weighted by Gasteiger charge is -2.33. The van der Waals surface area contributed by atoms with Crippen LogP contribution in [0.1, 0.15) is 49.5 Å². The van der Waals surface area contributed by atoms with Gasteiger partial charge in [0.05, 0.1) is 13.2 Å². The highest BCUT2D eigenvalue weighted by molar-refractivity contribution is 5.46. The molecular weight excluding hydrogens is 330 g/mol. The first-order chi connectivity index (χ1) is 12.6. The molecule has 6 nitrogen and oxygen atoms in total. The number of hydrogen-bond acceptors (Lipinski definition) is 6. The van der Waals surface area contributed by atoms with E-state index in [4.69, 9.17) is 14.0 Å². The van der Waals surface area contributed by atoms with E-state index in [1.807, 2.05) is 26.0 Å². The van der Waals surface area contributed by atoms with Crippen LogP contribution in [0, 0.1) is 6.92 Å². The van der Waals surface area contributed by atoms with E-state index >= 15 is 0 Å². The van der Waals surface area contributed by atoms with Gasteiger partial charge in [-0.1, -0.05) is 30.3 Å². The van der Waals surface area contributed by atoms with Crippen LogP contribution in [0.3, 0.4) is 0 Å². The maximum absolute atomic E-state index is 6.00. The van der Waals surface area contributed by atoms with Crippen LogP contribution >= 0.6 is 0 Å². The van der Waals surface area contributed by atoms with E-state index in [0.717, 1.165) is 48.6 Å². The third-order valence-electron chi connectivity index (χ3n) is 4.56. The molecule has 1 aliphatic heterocycles. The molecule has 1 aromatic heterocycles. The van der Waals surface area contributed by atoms with Gasteiger partial charge in [0.2, 0.25) is 5.89 Å². The van der Waals surface area contributed by atoms with Crippen molar-refractivity contribution in [1.29, 1.82) is 0 Å². The van der Waals surface area contributed by atoms with Gasteiger partial charge in [0.25, 0.3) is 0 Å². The Morgan fingerprint density at radius 1 is 1.38 bits per heavy atom. The van der Waals surface area contributed by atoms with E-state index in [-0.39, 0.29) is 6.04 Å². The fourth-order valence-corrected chi connectivity index (χ4v) is 3.33. The number of aromatic nitrogens is 2. The first-order valence-electron chi connectivity index (χ1n) is 9.05. The van der Waals surface area contributed by atoms with Crippen LogP contribution in [-0.4, -0.2) is 35.3 Å². The van der Waals surface area contributed by atoms with Gasteiger partial charge in [-0.25, -0.2) is 0 Å². The number of ether oxygens (including phenoxy) is 2. The smallest absolute Gasteiger partial charge is 0.243 e. The molecule has 3 rings (SSSR count). The molecule has 6 heteroatoms. The van der Waals surface area contributed by atoms with Gasteiger partial charge < -0.3 is 14.0 Å². The van der Waals surface area contributed by atoms with Crippen molar-refractivity contribution >= 4 is 0 Å². The molecule has 0 N–H and O–H groups in total. The Hall–Kier alpha value is -2.34. The Bertz CT molecular complexity index is 757. The summed E-state index contributed by atoms with van der Waals surface area (Å²) in [6, 6.07) is 6.15. The molecule has 2 aromatic rings. The summed E-state index contributed by atoms with van der Waals surface area (Å²) in [7, 11) is 1.66. The second-order valence-electron chi connectivity index (χ2n) is 6.86. The van der Waals surface area contributed by atoms with Gasteiger partial charge in [-0.05, 0) is 44.9 Å². The lowest BCUT2D eigenvalue weighted by Crippen LogP contribution is -2.33. The Kier molecular flexibility index (Phi) is 5.93. The number of rotatable bonds is 7. The molecule has 140 valence electrons. The third kappa shape index (κ3) is 4.25. The van der Waals surface area contributed by atoms with Crippen molar-refractivity contribution in [1.82, 2.24) is 15.0 Å². The summed E-state index contributed by atoms with van der Waals surface area (Å²) < 4.78 is 17.0. The van der Waals surface area contributed by atoms with Gasteiger partial charge in [-0.3, -0.25) is 4.90 Å². The molecule has 2 heterocycles. The summed E-state index contributed by atoms with van der Waals surface area (Å²) in [6.45, 7) is 9.93. The fraction of sp³-hybridized carbons (Fsp3) is 0.500. The summed E-state index contributed by atoms with van der Waals surface area (Å²) in [5.74, 6) is 2.90. The number of aryl methyl sites for hydroxylation is 1. The highest BCUT2D eigenvalue weighted by Gasteiger charge is 2.29. The first-order valence-corrected chi connectivity index (χ1v) is 9.05. The summed E-state index contributed by atoms with van der Waals surface area (Å²) in [5, 5.41) is 3.96. The Morgan fingerprint density at radius 3 is 2.92 bits per heavy atom. The molecule has 0 saturated carbocycles. The van der Waals surface area contributed by atoms with Gasteiger partial charge in [-0.15, -0.1) is 0 Å². The molecule has 0 aliphatic carbocycles. The molecule has 0 amide bonds. The number of para-hydroxylation sites is 1. The molecule has 0 bridgehead atoms. The maximum Gasteiger partial charge on any atom is 0.243 e. The van der Waals surface area contributed by atoms with E-state index < -0.39 is 0 Å². The van der Waals surface area contributed by atoms with Crippen molar-refractivity contribution in [3.05, 3.63) is 47.6 Å². The predicted molar refractivity (Wildman–Crippen MR) is 99.3 cm³/mol. The second-order valence-corrected chi connectivity index (χ2v) is 6.86. The van der Waals surface area contributed by atoms with Crippen molar-refractivity contribution in [3.8, 4) is 11.5 Å². The van der Waals surface area contributed by atoms with Crippen LogP contribution in [0.4, 0.5) is 0 Å². The molecule has 1 atom stereocenters. The Labute approximate surface area is 154 Å². The van der Waals surface area contributed by atoms with E-state index in [0.29, 0.717) is 18.3 Å². The number of likely N-dealkylation sites (tertiary alicyclic amines) is 1. The summed E-state index contributed by atoms with van der Waals surface area (Å²) in [4.78, 5) is 6.84. The number of piperidine rings is 1. The predicted octanol–water partition coefficient (Wildman–Crippen LogP) is 4.07. The molecule has 0 radical (unpaired) electrons. The van der Waals surface area contributed by atoms with Gasteiger partial charge in [0.1, 0.15) is 6.61 Å². The lowest BCUT2D eigenvalue weighted by molar-refractivity contribution is 0.110. The number of nitrogens with zero attached hydrogens (tertiary/aromatic N) is 3. The van der Waals surface area contributed by atoms with Crippen LogP contribution in [-0.2, 0) is 6.54 Å². The normalized spacial score (nSPS) is 17.9. The zero-order chi connectivity index (χ0) is 18.5. The van der Waals surface area contributed by atoms with Crippen LogP contribution in [0.25, 0.3) is 0 Å². The van der Waals surface area contributed by atoms with Crippen LogP contribution in [0.2, 0.25) is 0 Å². The standard InChI is InChI=1S/C20H27N3O3/c1-14(2)13-25-19-16(8-7-10-18(19)24-4)12-23-11-6-5-9-17(23)20-21-15(3)22-26-20/h7-8,10,17H,1,5-6,9,11-13H2,2-4H3. The number of benzene rings is 1. The minimum absolute atomic E-state index is 0.144. The molecule has 1 saturated heterocycles. The zero-order valence-corrected chi connectivity index (χ0v) is 15.8. The van der Waals surface area contributed by atoms with E-state index in [1.165, 1.54) is 6.42 Å². The van der Waals surface area contributed by atoms with Gasteiger partial charge in [-0.2, -0.15) is 4.98 Å². The largest absolute Gasteiger partial charge is 0.493 e. The fourth-order valence-electron chi connectivity index (χ4n) is 3.33. The highest BCUT2D eigenvalue weighted by Crippen LogP contribution is 2.36. The Morgan fingerprint density at radius 2 is 2.23 bits per heavy atom. The minimum Gasteiger partial charge on any atom is -0.493 e. The molecule has 1 fully saturated rings. The molecule has 1 aliphatic rings.